The van der Waals surface area contributed by atoms with Crippen LogP contribution in [-0.4, -0.2) is 33.4 Å². The van der Waals surface area contributed by atoms with E-state index in [-0.39, 0.29) is 0 Å². The maximum absolute atomic E-state index is 5.40. The maximum Gasteiger partial charge on any atom is 0.206 e. The molecular formula is C18H18N6. The number of rotatable bonds is 5. The Hall–Kier alpha value is -3.28. The predicted molar refractivity (Wildman–Crippen MR) is 96.2 cm³/mol. The third-order valence-corrected chi connectivity index (χ3v) is 3.62. The number of nitrogens with two attached hydrogens (primary N) is 1. The summed E-state index contributed by atoms with van der Waals surface area (Å²) in [5.41, 5.74) is 7.41. The first-order chi connectivity index (χ1) is 11.9. The summed E-state index contributed by atoms with van der Waals surface area (Å²) in [4.78, 5) is 4.57. The second-order valence-electron chi connectivity index (χ2n) is 5.20. The summed E-state index contributed by atoms with van der Waals surface area (Å²) in [5.74, 6) is 0.483. The molecule has 1 aromatic heterocycles. The van der Waals surface area contributed by atoms with Crippen molar-refractivity contribution in [3.05, 3.63) is 71.0 Å². The number of hydrogen-bond acceptors (Lipinski definition) is 5. The third kappa shape index (κ3) is 3.73. The minimum Gasteiger partial charge on any atom is -0.405 e. The Kier molecular flexibility index (Phi) is 5.09. The van der Waals surface area contributed by atoms with Crippen LogP contribution in [0, 0.1) is 0 Å². The fourth-order valence-electron chi connectivity index (χ4n) is 2.48. The fraction of sp³-hybridized carbons (Fsp3) is 0.111. The van der Waals surface area contributed by atoms with Crippen LogP contribution in [0.1, 0.15) is 12.2 Å². The monoisotopic (exact) mass is 318 g/mol. The molecule has 1 aliphatic carbocycles. The molecule has 6 nitrogen and oxygen atoms in total. The number of hydrogen-bond donors (Lipinski definition) is 2. The van der Waals surface area contributed by atoms with Crippen LogP contribution in [0.15, 0.2) is 59.8 Å². The zero-order valence-electron chi connectivity index (χ0n) is 13.1. The van der Waals surface area contributed by atoms with Crippen LogP contribution in [-0.2, 0) is 0 Å². The average molecular weight is 318 g/mol. The van der Waals surface area contributed by atoms with Crippen molar-refractivity contribution in [3.63, 3.8) is 0 Å². The Bertz CT molecular complexity index is 917. The summed E-state index contributed by atoms with van der Waals surface area (Å²) in [6, 6.07) is 8.35. The van der Waals surface area contributed by atoms with Gasteiger partial charge in [-0.1, -0.05) is 42.5 Å². The first-order valence-electron chi connectivity index (χ1n) is 7.64. The standard InChI is InChI=1S/C18H18N6/c19-11-5-9-16(18-21-23-24-22-18)13-20-12-15-8-2-1-6-14-7-3-4-10-17(14)15/h1-7,9-11,13H,8,12,19H2,(H,21,22,23,24). The molecule has 0 amide bonds. The summed E-state index contributed by atoms with van der Waals surface area (Å²) in [6.45, 7) is 0.608. The van der Waals surface area contributed by atoms with Crippen LogP contribution in [0.4, 0.5) is 0 Å². The molecule has 120 valence electrons. The van der Waals surface area contributed by atoms with Gasteiger partial charge in [0.15, 0.2) is 0 Å². The highest BCUT2D eigenvalue weighted by molar-refractivity contribution is 6.08. The molecule has 0 radical (unpaired) electrons. The highest BCUT2D eigenvalue weighted by Crippen LogP contribution is 2.07. The molecular weight excluding hydrogens is 300 g/mol. The molecule has 0 unspecified atom stereocenters. The molecule has 1 heterocycles. The molecule has 0 spiro atoms. The Balaban J connectivity index is 1.88. The Labute approximate surface area is 139 Å². The lowest BCUT2D eigenvalue weighted by molar-refractivity contribution is 0.881. The molecule has 3 rings (SSSR count). The summed E-state index contributed by atoms with van der Waals surface area (Å²) < 4.78 is 0. The van der Waals surface area contributed by atoms with Crippen molar-refractivity contribution < 1.29 is 0 Å². The van der Waals surface area contributed by atoms with Gasteiger partial charge in [0.05, 0.1) is 6.54 Å². The normalized spacial score (nSPS) is 14.8. The van der Waals surface area contributed by atoms with E-state index in [1.54, 1.807) is 18.4 Å². The summed E-state index contributed by atoms with van der Waals surface area (Å²) in [5, 5.41) is 16.4. The van der Waals surface area contributed by atoms with E-state index in [2.05, 4.69) is 62.0 Å². The van der Waals surface area contributed by atoms with E-state index in [0.717, 1.165) is 12.0 Å². The van der Waals surface area contributed by atoms with E-state index in [1.165, 1.54) is 22.2 Å². The topological polar surface area (TPSA) is 92.8 Å². The molecule has 0 aliphatic heterocycles. The van der Waals surface area contributed by atoms with Gasteiger partial charge in [-0.2, -0.15) is 5.21 Å². The van der Waals surface area contributed by atoms with Gasteiger partial charge < -0.3 is 5.73 Å². The maximum atomic E-state index is 5.40. The molecule has 0 saturated heterocycles. The van der Waals surface area contributed by atoms with Crippen LogP contribution in [0.25, 0.3) is 17.2 Å². The van der Waals surface area contributed by atoms with Crippen LogP contribution >= 0.6 is 0 Å². The molecule has 0 bridgehead atoms. The largest absolute Gasteiger partial charge is 0.405 e. The van der Waals surface area contributed by atoms with Crippen molar-refractivity contribution in [2.24, 2.45) is 10.7 Å². The van der Waals surface area contributed by atoms with E-state index in [4.69, 9.17) is 5.73 Å². The first kappa shape index (κ1) is 15.6. The Morgan fingerprint density at radius 2 is 2.25 bits per heavy atom. The van der Waals surface area contributed by atoms with Gasteiger partial charge in [-0.15, -0.1) is 10.2 Å². The number of aromatic amines is 1. The van der Waals surface area contributed by atoms with E-state index in [9.17, 15) is 0 Å². The molecule has 3 N–H and O–H groups in total. The second-order valence-corrected chi connectivity index (χ2v) is 5.20. The van der Waals surface area contributed by atoms with Gasteiger partial charge in [0.25, 0.3) is 0 Å². The van der Waals surface area contributed by atoms with Gasteiger partial charge in [-0.25, -0.2) is 0 Å². The van der Waals surface area contributed by atoms with Crippen molar-refractivity contribution in [2.75, 3.05) is 6.54 Å². The second kappa shape index (κ2) is 7.82. The average Bonchev–Trinajstić information content (AvgIpc) is 3.07. The number of nitrogens with zero attached hydrogens (tertiary/aromatic N) is 4. The lowest BCUT2D eigenvalue weighted by Crippen LogP contribution is -2.26. The van der Waals surface area contributed by atoms with Crippen molar-refractivity contribution in [2.45, 2.75) is 6.42 Å². The van der Waals surface area contributed by atoms with Crippen LogP contribution in [0.3, 0.4) is 0 Å². The number of aliphatic imine (C=N–C) groups is 1. The number of nitrogens with one attached hydrogen (secondary N) is 1. The highest BCUT2D eigenvalue weighted by Gasteiger charge is 2.04. The summed E-state index contributed by atoms with van der Waals surface area (Å²) >= 11 is 0. The molecule has 0 fully saturated rings. The molecule has 0 saturated carbocycles. The molecule has 6 heteroatoms. The van der Waals surface area contributed by atoms with Crippen molar-refractivity contribution in [1.82, 2.24) is 20.6 Å². The van der Waals surface area contributed by atoms with E-state index < -0.39 is 0 Å². The lowest BCUT2D eigenvalue weighted by Gasteiger charge is -2.01. The summed E-state index contributed by atoms with van der Waals surface area (Å²) in [6.07, 6.45) is 14.0. The number of tetrazole rings is 1. The zero-order chi connectivity index (χ0) is 16.6. The van der Waals surface area contributed by atoms with Crippen LogP contribution < -0.4 is 16.2 Å². The van der Waals surface area contributed by atoms with Gasteiger partial charge in [-0.3, -0.25) is 4.99 Å². The van der Waals surface area contributed by atoms with Gasteiger partial charge in [0.1, 0.15) is 0 Å². The quantitative estimate of drug-likeness (QED) is 0.627. The number of allylic oxidation sites excluding steroid dienone is 5. The zero-order valence-corrected chi connectivity index (χ0v) is 13.1. The number of aromatic nitrogens is 4. The molecule has 24 heavy (non-hydrogen) atoms. The van der Waals surface area contributed by atoms with Crippen LogP contribution in [0.5, 0.6) is 0 Å². The highest BCUT2D eigenvalue weighted by atomic mass is 15.5. The number of fused-ring (bicyclic) bond motifs is 1. The van der Waals surface area contributed by atoms with Crippen molar-refractivity contribution in [1.29, 1.82) is 0 Å². The van der Waals surface area contributed by atoms with E-state index >= 15 is 0 Å². The molecule has 1 aliphatic rings. The summed E-state index contributed by atoms with van der Waals surface area (Å²) in [7, 11) is 0. The molecule has 0 atom stereocenters. The van der Waals surface area contributed by atoms with Crippen LogP contribution in [0.2, 0.25) is 0 Å². The number of H-pyrrole nitrogens is 1. The Morgan fingerprint density at radius 1 is 1.33 bits per heavy atom. The van der Waals surface area contributed by atoms with Gasteiger partial charge in [0, 0.05) is 11.8 Å². The van der Waals surface area contributed by atoms with Crippen molar-refractivity contribution >= 4 is 23.4 Å². The van der Waals surface area contributed by atoms with Gasteiger partial charge in [0.2, 0.25) is 5.82 Å². The van der Waals surface area contributed by atoms with E-state index in [0.29, 0.717) is 12.4 Å². The van der Waals surface area contributed by atoms with Gasteiger partial charge >= 0.3 is 0 Å². The third-order valence-electron chi connectivity index (χ3n) is 3.62. The smallest absolute Gasteiger partial charge is 0.206 e. The Morgan fingerprint density at radius 3 is 3.08 bits per heavy atom. The predicted octanol–water partition coefficient (Wildman–Crippen LogP) is 0.718. The minimum absolute atomic E-state index is 0.483. The molecule has 1 aromatic carbocycles. The SMILES string of the molecule is NC=CC=C(C=NCC1=c2ccccc2=CC=CC1)c1nn[nH]n1. The lowest BCUT2D eigenvalue weighted by atomic mass is 10.1. The van der Waals surface area contributed by atoms with E-state index in [1.807, 2.05) is 6.07 Å². The fourth-order valence-corrected chi connectivity index (χ4v) is 2.48. The number of benzene rings is 1. The first-order valence-corrected chi connectivity index (χ1v) is 7.64. The van der Waals surface area contributed by atoms with Gasteiger partial charge in [-0.05, 0) is 46.0 Å². The minimum atomic E-state index is 0.483. The molecule has 2 aromatic rings. The van der Waals surface area contributed by atoms with Crippen molar-refractivity contribution in [3.8, 4) is 0 Å².